The maximum atomic E-state index is 8.51. The van der Waals surface area contributed by atoms with E-state index in [-0.39, 0.29) is 0 Å². The van der Waals surface area contributed by atoms with Crippen molar-refractivity contribution >= 4 is 5.57 Å². The van der Waals surface area contributed by atoms with Gasteiger partial charge in [0.05, 0.1) is 6.07 Å². The Labute approximate surface area is 85.7 Å². The van der Waals surface area contributed by atoms with Crippen molar-refractivity contribution in [3.8, 4) is 6.07 Å². The first-order chi connectivity index (χ1) is 6.65. The van der Waals surface area contributed by atoms with Gasteiger partial charge in [-0.3, -0.25) is 0 Å². The topological polar surface area (TPSA) is 23.8 Å². The summed E-state index contributed by atoms with van der Waals surface area (Å²) in [5.41, 5.74) is 3.47. The molecule has 72 valence electrons. The van der Waals surface area contributed by atoms with Crippen LogP contribution >= 0.6 is 0 Å². The van der Waals surface area contributed by atoms with E-state index < -0.39 is 0 Å². The summed E-state index contributed by atoms with van der Waals surface area (Å²) in [6, 6.07) is 10.4. The number of hydrogen-bond acceptors (Lipinski definition) is 1. The van der Waals surface area contributed by atoms with Crippen molar-refractivity contribution in [3.63, 3.8) is 0 Å². The van der Waals surface area contributed by atoms with E-state index in [9.17, 15) is 0 Å². The van der Waals surface area contributed by atoms with Crippen LogP contribution in [0.15, 0.2) is 30.3 Å². The molecule has 1 aromatic rings. The zero-order valence-corrected chi connectivity index (χ0v) is 8.91. The number of nitrogens with zero attached hydrogens (tertiary/aromatic N) is 1. The molecule has 0 saturated carbocycles. The van der Waals surface area contributed by atoms with Crippen LogP contribution in [0, 0.1) is 11.3 Å². The fourth-order valence-electron chi connectivity index (χ4n) is 1.31. The lowest BCUT2D eigenvalue weighted by Gasteiger charge is -2.06. The molecule has 1 rings (SSSR count). The van der Waals surface area contributed by atoms with Gasteiger partial charge >= 0.3 is 0 Å². The first-order valence-electron chi connectivity index (χ1n) is 4.82. The summed E-state index contributed by atoms with van der Waals surface area (Å²) in [6.07, 6.45) is 1.57. The average Bonchev–Trinajstić information content (AvgIpc) is 2.18. The fourth-order valence-corrected chi connectivity index (χ4v) is 1.31. The van der Waals surface area contributed by atoms with Crippen molar-refractivity contribution < 1.29 is 0 Å². The molecule has 0 amide bonds. The van der Waals surface area contributed by atoms with Gasteiger partial charge in [0.1, 0.15) is 0 Å². The zero-order valence-electron chi connectivity index (χ0n) is 8.91. The van der Waals surface area contributed by atoms with E-state index in [4.69, 9.17) is 5.26 Å². The molecule has 0 aliphatic heterocycles. The quantitative estimate of drug-likeness (QED) is 0.644. The van der Waals surface area contributed by atoms with E-state index in [1.165, 1.54) is 5.56 Å². The molecular weight excluding hydrogens is 170 g/mol. The van der Waals surface area contributed by atoms with Crippen molar-refractivity contribution in [3.05, 3.63) is 41.5 Å². The Morgan fingerprint density at radius 1 is 1.29 bits per heavy atom. The number of benzene rings is 1. The highest BCUT2D eigenvalue weighted by molar-refractivity contribution is 5.65. The van der Waals surface area contributed by atoms with Gasteiger partial charge in [-0.15, -0.1) is 0 Å². The monoisotopic (exact) mass is 185 g/mol. The van der Waals surface area contributed by atoms with Gasteiger partial charge < -0.3 is 0 Å². The van der Waals surface area contributed by atoms with Gasteiger partial charge in [0.25, 0.3) is 0 Å². The SMILES string of the molecule is C/C(=C\C#N)c1ccc(C(C)C)cc1. The van der Waals surface area contributed by atoms with Gasteiger partial charge in [-0.05, 0) is 29.5 Å². The predicted octanol–water partition coefficient (Wildman–Crippen LogP) is 3.74. The first-order valence-corrected chi connectivity index (χ1v) is 4.82. The molecule has 1 aromatic carbocycles. The Kier molecular flexibility index (Phi) is 3.48. The zero-order chi connectivity index (χ0) is 10.6. The van der Waals surface area contributed by atoms with Crippen LogP contribution in [-0.4, -0.2) is 0 Å². The maximum Gasteiger partial charge on any atom is 0.0915 e. The minimum atomic E-state index is 0.560. The van der Waals surface area contributed by atoms with Crippen LogP contribution in [0.4, 0.5) is 0 Å². The minimum absolute atomic E-state index is 0.560. The standard InChI is InChI=1S/C13H15N/c1-10(2)12-4-6-13(7-5-12)11(3)8-9-14/h4-8,10H,1-3H3/b11-8+. The molecular formula is C13H15N. The van der Waals surface area contributed by atoms with E-state index in [0.717, 1.165) is 11.1 Å². The molecule has 0 atom stereocenters. The largest absolute Gasteiger partial charge is 0.193 e. The Hall–Kier alpha value is -1.55. The summed E-state index contributed by atoms with van der Waals surface area (Å²) >= 11 is 0. The molecule has 0 radical (unpaired) electrons. The van der Waals surface area contributed by atoms with E-state index in [0.29, 0.717) is 5.92 Å². The maximum absolute atomic E-state index is 8.51. The van der Waals surface area contributed by atoms with Gasteiger partial charge in [-0.25, -0.2) is 0 Å². The van der Waals surface area contributed by atoms with Crippen LogP contribution in [0.25, 0.3) is 5.57 Å². The molecule has 0 saturated heterocycles. The first kappa shape index (κ1) is 10.5. The Morgan fingerprint density at radius 2 is 1.86 bits per heavy atom. The minimum Gasteiger partial charge on any atom is -0.193 e. The van der Waals surface area contributed by atoms with Gasteiger partial charge in [0.15, 0.2) is 0 Å². The van der Waals surface area contributed by atoms with Crippen molar-refractivity contribution in [1.82, 2.24) is 0 Å². The van der Waals surface area contributed by atoms with Crippen molar-refractivity contribution in [2.75, 3.05) is 0 Å². The smallest absolute Gasteiger partial charge is 0.0915 e. The van der Waals surface area contributed by atoms with E-state index >= 15 is 0 Å². The molecule has 0 heterocycles. The van der Waals surface area contributed by atoms with Crippen LogP contribution in [0.1, 0.15) is 37.8 Å². The molecule has 0 aromatic heterocycles. The lowest BCUT2D eigenvalue weighted by molar-refractivity contribution is 0.866. The molecule has 1 heteroatoms. The molecule has 0 bridgehead atoms. The van der Waals surface area contributed by atoms with Crippen LogP contribution in [0.2, 0.25) is 0 Å². The summed E-state index contributed by atoms with van der Waals surface area (Å²) in [5, 5.41) is 8.51. The third-order valence-electron chi connectivity index (χ3n) is 2.31. The molecule has 0 spiro atoms. The molecule has 0 aliphatic rings. The van der Waals surface area contributed by atoms with E-state index in [1.807, 2.05) is 13.0 Å². The number of rotatable bonds is 2. The van der Waals surface area contributed by atoms with Crippen LogP contribution in [0.3, 0.4) is 0 Å². The second-order valence-electron chi connectivity index (χ2n) is 3.73. The number of allylic oxidation sites excluding steroid dienone is 2. The van der Waals surface area contributed by atoms with Crippen LogP contribution in [0.5, 0.6) is 0 Å². The number of hydrogen-bond donors (Lipinski definition) is 0. The van der Waals surface area contributed by atoms with Crippen LogP contribution < -0.4 is 0 Å². The lowest BCUT2D eigenvalue weighted by atomic mass is 9.99. The number of nitriles is 1. The van der Waals surface area contributed by atoms with E-state index in [2.05, 4.69) is 38.1 Å². The van der Waals surface area contributed by atoms with Gasteiger partial charge in [0, 0.05) is 6.08 Å². The summed E-state index contributed by atoms with van der Waals surface area (Å²) < 4.78 is 0. The molecule has 0 fully saturated rings. The molecule has 0 unspecified atom stereocenters. The Balaban J connectivity index is 2.95. The highest BCUT2D eigenvalue weighted by Crippen LogP contribution is 2.18. The molecule has 0 N–H and O–H groups in total. The van der Waals surface area contributed by atoms with Crippen LogP contribution in [-0.2, 0) is 0 Å². The van der Waals surface area contributed by atoms with E-state index in [1.54, 1.807) is 6.08 Å². The Morgan fingerprint density at radius 3 is 2.29 bits per heavy atom. The summed E-state index contributed by atoms with van der Waals surface area (Å²) in [7, 11) is 0. The molecule has 0 aliphatic carbocycles. The summed E-state index contributed by atoms with van der Waals surface area (Å²) in [5.74, 6) is 0.560. The summed E-state index contributed by atoms with van der Waals surface area (Å²) in [4.78, 5) is 0. The van der Waals surface area contributed by atoms with Crippen molar-refractivity contribution in [1.29, 1.82) is 5.26 Å². The predicted molar refractivity (Wildman–Crippen MR) is 59.8 cm³/mol. The van der Waals surface area contributed by atoms with Crippen molar-refractivity contribution in [2.45, 2.75) is 26.7 Å². The summed E-state index contributed by atoms with van der Waals surface area (Å²) in [6.45, 7) is 6.30. The average molecular weight is 185 g/mol. The lowest BCUT2D eigenvalue weighted by Crippen LogP contribution is -1.87. The normalized spacial score (nSPS) is 11.5. The van der Waals surface area contributed by atoms with Gasteiger partial charge in [0.2, 0.25) is 0 Å². The molecule has 1 nitrogen and oxygen atoms in total. The van der Waals surface area contributed by atoms with Gasteiger partial charge in [-0.2, -0.15) is 5.26 Å². The molecule has 14 heavy (non-hydrogen) atoms. The van der Waals surface area contributed by atoms with Crippen molar-refractivity contribution in [2.24, 2.45) is 0 Å². The van der Waals surface area contributed by atoms with Gasteiger partial charge in [-0.1, -0.05) is 38.1 Å². The Bertz CT molecular complexity index is 363. The second-order valence-corrected chi connectivity index (χ2v) is 3.73. The third-order valence-corrected chi connectivity index (χ3v) is 2.31. The highest BCUT2D eigenvalue weighted by Gasteiger charge is 1.99. The third kappa shape index (κ3) is 2.47. The second kappa shape index (κ2) is 4.62. The highest BCUT2D eigenvalue weighted by atomic mass is 14.2. The fraction of sp³-hybridized carbons (Fsp3) is 0.308.